The Bertz CT molecular complexity index is 783. The Kier molecular flexibility index (Phi) is 3.63. The molecule has 1 saturated heterocycles. The normalized spacial score (nSPS) is 17.6. The predicted octanol–water partition coefficient (Wildman–Crippen LogP) is 2.70. The number of rotatable bonds is 3. The summed E-state index contributed by atoms with van der Waals surface area (Å²) in [5.41, 5.74) is 1.54. The van der Waals surface area contributed by atoms with E-state index in [1.807, 2.05) is 35.2 Å². The lowest BCUT2D eigenvalue weighted by Gasteiger charge is -2.24. The average molecular weight is 325 g/mol. The first-order valence-corrected chi connectivity index (χ1v) is 8.39. The molecule has 1 fully saturated rings. The molecule has 0 spiro atoms. The van der Waals surface area contributed by atoms with Crippen molar-refractivity contribution in [1.82, 2.24) is 25.1 Å². The zero-order chi connectivity index (χ0) is 15.6. The van der Waals surface area contributed by atoms with Crippen molar-refractivity contribution in [2.45, 2.75) is 18.9 Å². The van der Waals surface area contributed by atoms with Gasteiger partial charge in [-0.25, -0.2) is 4.68 Å². The van der Waals surface area contributed by atoms with Crippen LogP contribution in [0.2, 0.25) is 0 Å². The Labute approximate surface area is 137 Å². The van der Waals surface area contributed by atoms with Gasteiger partial charge in [-0.3, -0.25) is 4.79 Å². The third-order valence-corrected chi connectivity index (χ3v) is 5.09. The molecule has 116 valence electrons. The van der Waals surface area contributed by atoms with Gasteiger partial charge in [0.1, 0.15) is 6.33 Å². The number of aromatic nitrogens is 4. The molecule has 4 rings (SSSR count). The molecule has 3 aromatic rings. The molecule has 0 N–H and O–H groups in total. The van der Waals surface area contributed by atoms with Crippen LogP contribution in [-0.2, 0) is 0 Å². The lowest BCUT2D eigenvalue weighted by atomic mass is 10.1. The SMILES string of the molecule is O=C(c1ccc(-n2cnnn2)cc1)N1CCC[C@H]1c1cccs1. The maximum atomic E-state index is 12.8. The summed E-state index contributed by atoms with van der Waals surface area (Å²) < 4.78 is 1.57. The van der Waals surface area contributed by atoms with Gasteiger partial charge in [0.05, 0.1) is 11.7 Å². The fourth-order valence-electron chi connectivity index (χ4n) is 2.99. The van der Waals surface area contributed by atoms with Gasteiger partial charge in [0.2, 0.25) is 0 Å². The Hall–Kier alpha value is -2.54. The van der Waals surface area contributed by atoms with Crippen molar-refractivity contribution in [1.29, 1.82) is 0 Å². The molecule has 0 aliphatic carbocycles. The summed E-state index contributed by atoms with van der Waals surface area (Å²) in [4.78, 5) is 16.1. The molecule has 1 atom stereocenters. The molecule has 0 bridgehead atoms. The molecule has 0 radical (unpaired) electrons. The van der Waals surface area contributed by atoms with Crippen LogP contribution < -0.4 is 0 Å². The number of carbonyl (C=O) groups is 1. The Balaban J connectivity index is 1.56. The van der Waals surface area contributed by atoms with Crippen LogP contribution in [0.4, 0.5) is 0 Å². The molecule has 1 aromatic carbocycles. The largest absolute Gasteiger partial charge is 0.331 e. The van der Waals surface area contributed by atoms with Crippen LogP contribution in [0.5, 0.6) is 0 Å². The standard InChI is InChI=1S/C16H15N5OS/c22-16(20-9-1-3-14(20)15-4-2-10-23-15)12-5-7-13(8-6-12)21-11-17-18-19-21/h2,4-8,10-11,14H,1,3,9H2/t14-/m0/s1. The van der Waals surface area contributed by atoms with E-state index in [1.165, 1.54) is 11.2 Å². The highest BCUT2D eigenvalue weighted by atomic mass is 32.1. The molecule has 3 heterocycles. The average Bonchev–Trinajstić information content (AvgIpc) is 3.35. The maximum Gasteiger partial charge on any atom is 0.254 e. The number of benzene rings is 1. The van der Waals surface area contributed by atoms with E-state index in [2.05, 4.69) is 27.0 Å². The van der Waals surface area contributed by atoms with Gasteiger partial charge in [0, 0.05) is 17.0 Å². The van der Waals surface area contributed by atoms with Gasteiger partial charge in [-0.2, -0.15) is 0 Å². The molecule has 1 aliphatic rings. The van der Waals surface area contributed by atoms with Gasteiger partial charge in [0.25, 0.3) is 5.91 Å². The van der Waals surface area contributed by atoms with Gasteiger partial charge >= 0.3 is 0 Å². The van der Waals surface area contributed by atoms with E-state index in [-0.39, 0.29) is 11.9 Å². The summed E-state index contributed by atoms with van der Waals surface area (Å²) in [6.45, 7) is 0.816. The second-order valence-electron chi connectivity index (χ2n) is 5.47. The minimum atomic E-state index is 0.0872. The number of hydrogen-bond acceptors (Lipinski definition) is 5. The third-order valence-electron chi connectivity index (χ3n) is 4.11. The summed E-state index contributed by atoms with van der Waals surface area (Å²) in [6, 6.07) is 11.8. The van der Waals surface area contributed by atoms with Crippen LogP contribution in [-0.4, -0.2) is 37.6 Å². The van der Waals surface area contributed by atoms with Crippen LogP contribution in [0.1, 0.15) is 34.1 Å². The first-order valence-electron chi connectivity index (χ1n) is 7.51. The van der Waals surface area contributed by atoms with Crippen molar-refractivity contribution < 1.29 is 4.79 Å². The van der Waals surface area contributed by atoms with Crippen molar-refractivity contribution >= 4 is 17.2 Å². The number of carbonyl (C=O) groups excluding carboxylic acids is 1. The fourth-order valence-corrected chi connectivity index (χ4v) is 3.86. The molecule has 2 aromatic heterocycles. The van der Waals surface area contributed by atoms with Crippen molar-refractivity contribution in [3.05, 3.63) is 58.5 Å². The van der Waals surface area contributed by atoms with E-state index in [4.69, 9.17) is 0 Å². The second kappa shape index (κ2) is 5.92. The zero-order valence-electron chi connectivity index (χ0n) is 12.4. The fraction of sp³-hybridized carbons (Fsp3) is 0.250. The molecule has 0 unspecified atom stereocenters. The van der Waals surface area contributed by atoms with Gasteiger partial charge < -0.3 is 4.90 Å². The minimum absolute atomic E-state index is 0.0872. The van der Waals surface area contributed by atoms with E-state index in [0.717, 1.165) is 25.1 Å². The van der Waals surface area contributed by atoms with E-state index in [0.29, 0.717) is 5.56 Å². The highest BCUT2D eigenvalue weighted by Gasteiger charge is 2.31. The summed E-state index contributed by atoms with van der Waals surface area (Å²) in [5, 5.41) is 13.1. The van der Waals surface area contributed by atoms with Crippen molar-refractivity contribution in [2.75, 3.05) is 6.54 Å². The smallest absolute Gasteiger partial charge is 0.254 e. The van der Waals surface area contributed by atoms with Crippen LogP contribution >= 0.6 is 11.3 Å². The third kappa shape index (κ3) is 2.63. The number of thiophene rings is 1. The minimum Gasteiger partial charge on any atom is -0.331 e. The first-order chi connectivity index (χ1) is 11.3. The zero-order valence-corrected chi connectivity index (χ0v) is 13.2. The van der Waals surface area contributed by atoms with Crippen LogP contribution in [0.15, 0.2) is 48.1 Å². The quantitative estimate of drug-likeness (QED) is 0.743. The van der Waals surface area contributed by atoms with Crippen LogP contribution in [0.25, 0.3) is 5.69 Å². The van der Waals surface area contributed by atoms with Crippen molar-refractivity contribution in [3.63, 3.8) is 0 Å². The Morgan fingerprint density at radius 2 is 2.09 bits per heavy atom. The predicted molar refractivity (Wildman–Crippen MR) is 86.5 cm³/mol. The lowest BCUT2D eigenvalue weighted by molar-refractivity contribution is 0.0738. The van der Waals surface area contributed by atoms with Gasteiger partial charge in [-0.1, -0.05) is 6.07 Å². The van der Waals surface area contributed by atoms with E-state index < -0.39 is 0 Å². The molecule has 7 heteroatoms. The number of amides is 1. The van der Waals surface area contributed by atoms with E-state index in [1.54, 1.807) is 16.0 Å². The van der Waals surface area contributed by atoms with E-state index in [9.17, 15) is 4.79 Å². The summed E-state index contributed by atoms with van der Waals surface area (Å²) >= 11 is 1.72. The van der Waals surface area contributed by atoms with Gasteiger partial charge in [-0.15, -0.1) is 16.4 Å². The number of tetrazole rings is 1. The van der Waals surface area contributed by atoms with Crippen LogP contribution in [0, 0.1) is 0 Å². The molecular weight excluding hydrogens is 310 g/mol. The number of likely N-dealkylation sites (tertiary alicyclic amines) is 1. The topological polar surface area (TPSA) is 63.9 Å². The number of hydrogen-bond donors (Lipinski definition) is 0. The second-order valence-corrected chi connectivity index (χ2v) is 6.45. The molecule has 0 saturated carbocycles. The van der Waals surface area contributed by atoms with Crippen molar-refractivity contribution in [2.24, 2.45) is 0 Å². The molecule has 6 nitrogen and oxygen atoms in total. The van der Waals surface area contributed by atoms with Gasteiger partial charge in [-0.05, 0) is 59.0 Å². The molecule has 23 heavy (non-hydrogen) atoms. The monoisotopic (exact) mass is 325 g/mol. The summed E-state index contributed by atoms with van der Waals surface area (Å²) in [6.07, 6.45) is 3.62. The maximum absolute atomic E-state index is 12.8. The highest BCUT2D eigenvalue weighted by Crippen LogP contribution is 2.35. The van der Waals surface area contributed by atoms with Gasteiger partial charge in [0.15, 0.2) is 0 Å². The summed E-state index contributed by atoms with van der Waals surface area (Å²) in [7, 11) is 0. The molecule has 1 aliphatic heterocycles. The van der Waals surface area contributed by atoms with Crippen LogP contribution in [0.3, 0.4) is 0 Å². The Morgan fingerprint density at radius 1 is 1.22 bits per heavy atom. The Morgan fingerprint density at radius 3 is 2.78 bits per heavy atom. The molecular formula is C16H15N5OS. The first kappa shape index (κ1) is 14.1. The number of nitrogens with zero attached hydrogens (tertiary/aromatic N) is 5. The molecule has 1 amide bonds. The highest BCUT2D eigenvalue weighted by molar-refractivity contribution is 7.10. The lowest BCUT2D eigenvalue weighted by Crippen LogP contribution is -2.30. The summed E-state index contributed by atoms with van der Waals surface area (Å²) in [5.74, 6) is 0.0872. The van der Waals surface area contributed by atoms with E-state index >= 15 is 0 Å². The van der Waals surface area contributed by atoms with Crippen molar-refractivity contribution in [3.8, 4) is 5.69 Å².